The maximum atomic E-state index is 5.83. The molecule has 2 aromatic rings. The van der Waals surface area contributed by atoms with E-state index in [0.29, 0.717) is 25.7 Å². The molecule has 2 rings (SSSR count). The van der Waals surface area contributed by atoms with Crippen LogP contribution >= 0.6 is 0 Å². The summed E-state index contributed by atoms with van der Waals surface area (Å²) in [6, 6.07) is 17.5. The van der Waals surface area contributed by atoms with Crippen LogP contribution in [0.2, 0.25) is 0 Å². The van der Waals surface area contributed by atoms with Gasteiger partial charge in [-0.1, -0.05) is 36.4 Å². The lowest BCUT2D eigenvalue weighted by atomic mass is 10.2. The molecule has 116 valence electrons. The highest BCUT2D eigenvalue weighted by molar-refractivity contribution is 5.92. The average molecular weight is 299 g/mol. The van der Waals surface area contributed by atoms with Crippen molar-refractivity contribution in [1.29, 1.82) is 0 Å². The highest BCUT2D eigenvalue weighted by Gasteiger charge is 1.97. The SMILES string of the molecule is COc1cccc(NC(N)=NCCOCc2ccccc2)c1. The van der Waals surface area contributed by atoms with Gasteiger partial charge in [0.1, 0.15) is 5.75 Å². The zero-order valence-electron chi connectivity index (χ0n) is 12.7. The van der Waals surface area contributed by atoms with Gasteiger partial charge in [-0.2, -0.15) is 0 Å². The Kier molecular flexibility index (Phi) is 6.26. The molecule has 0 atom stereocenters. The van der Waals surface area contributed by atoms with Crippen molar-refractivity contribution in [2.45, 2.75) is 6.61 Å². The molecule has 0 bridgehead atoms. The summed E-state index contributed by atoms with van der Waals surface area (Å²) < 4.78 is 10.7. The van der Waals surface area contributed by atoms with Gasteiger partial charge in [0, 0.05) is 11.8 Å². The first-order chi connectivity index (χ1) is 10.8. The minimum absolute atomic E-state index is 0.358. The number of nitrogens with two attached hydrogens (primary N) is 1. The molecule has 0 saturated heterocycles. The van der Waals surface area contributed by atoms with E-state index in [-0.39, 0.29) is 0 Å². The summed E-state index contributed by atoms with van der Waals surface area (Å²) >= 11 is 0. The van der Waals surface area contributed by atoms with Crippen molar-refractivity contribution in [1.82, 2.24) is 0 Å². The van der Waals surface area contributed by atoms with E-state index >= 15 is 0 Å². The Morgan fingerprint density at radius 1 is 1.14 bits per heavy atom. The summed E-state index contributed by atoms with van der Waals surface area (Å²) in [5, 5.41) is 3.02. The van der Waals surface area contributed by atoms with E-state index in [0.717, 1.165) is 17.0 Å². The number of nitrogens with zero attached hydrogens (tertiary/aromatic N) is 1. The number of anilines is 1. The summed E-state index contributed by atoms with van der Waals surface area (Å²) in [7, 11) is 1.63. The van der Waals surface area contributed by atoms with Crippen molar-refractivity contribution in [2.75, 3.05) is 25.6 Å². The number of aliphatic imine (C=N–C) groups is 1. The number of nitrogens with one attached hydrogen (secondary N) is 1. The summed E-state index contributed by atoms with van der Waals surface area (Å²) in [4.78, 5) is 4.22. The van der Waals surface area contributed by atoms with Crippen LogP contribution in [0.15, 0.2) is 59.6 Å². The van der Waals surface area contributed by atoms with Gasteiger partial charge in [-0.05, 0) is 17.7 Å². The van der Waals surface area contributed by atoms with E-state index < -0.39 is 0 Å². The fourth-order valence-corrected chi connectivity index (χ4v) is 1.88. The lowest BCUT2D eigenvalue weighted by Gasteiger charge is -2.07. The molecular formula is C17H21N3O2. The zero-order valence-corrected chi connectivity index (χ0v) is 12.7. The van der Waals surface area contributed by atoms with E-state index in [4.69, 9.17) is 15.2 Å². The van der Waals surface area contributed by atoms with Crippen LogP contribution < -0.4 is 15.8 Å². The van der Waals surface area contributed by atoms with Gasteiger partial charge in [0.2, 0.25) is 0 Å². The van der Waals surface area contributed by atoms with E-state index in [2.05, 4.69) is 10.3 Å². The van der Waals surface area contributed by atoms with Gasteiger partial charge in [-0.25, -0.2) is 0 Å². The first kappa shape index (κ1) is 15.9. The largest absolute Gasteiger partial charge is 0.497 e. The van der Waals surface area contributed by atoms with E-state index in [1.165, 1.54) is 0 Å². The highest BCUT2D eigenvalue weighted by atomic mass is 16.5. The lowest BCUT2D eigenvalue weighted by Crippen LogP contribution is -2.23. The van der Waals surface area contributed by atoms with Crippen LogP contribution in [0.3, 0.4) is 0 Å². The van der Waals surface area contributed by atoms with Crippen LogP contribution in [0, 0.1) is 0 Å². The normalized spacial score (nSPS) is 11.2. The van der Waals surface area contributed by atoms with Crippen LogP contribution in [0.25, 0.3) is 0 Å². The van der Waals surface area contributed by atoms with Gasteiger partial charge in [0.25, 0.3) is 0 Å². The molecule has 0 aliphatic carbocycles. The molecule has 22 heavy (non-hydrogen) atoms. The lowest BCUT2D eigenvalue weighted by molar-refractivity contribution is 0.128. The molecule has 0 aliphatic rings. The Bertz CT molecular complexity index is 600. The number of methoxy groups -OCH3 is 1. The second-order valence-corrected chi connectivity index (χ2v) is 4.66. The van der Waals surface area contributed by atoms with Crippen molar-refractivity contribution >= 4 is 11.6 Å². The molecule has 0 spiro atoms. The molecule has 5 nitrogen and oxygen atoms in total. The zero-order chi connectivity index (χ0) is 15.6. The molecule has 2 aromatic carbocycles. The monoisotopic (exact) mass is 299 g/mol. The molecule has 0 fully saturated rings. The Balaban J connectivity index is 1.71. The average Bonchev–Trinajstić information content (AvgIpc) is 2.55. The second kappa shape index (κ2) is 8.69. The number of hydrogen-bond donors (Lipinski definition) is 2. The fraction of sp³-hybridized carbons (Fsp3) is 0.235. The van der Waals surface area contributed by atoms with Gasteiger partial charge in [0.05, 0.1) is 26.9 Å². The molecule has 0 radical (unpaired) electrons. The molecular weight excluding hydrogens is 278 g/mol. The van der Waals surface area contributed by atoms with Gasteiger partial charge in [0.15, 0.2) is 5.96 Å². The van der Waals surface area contributed by atoms with Crippen molar-refractivity contribution in [2.24, 2.45) is 10.7 Å². The van der Waals surface area contributed by atoms with Crippen molar-refractivity contribution < 1.29 is 9.47 Å². The van der Waals surface area contributed by atoms with Gasteiger partial charge >= 0.3 is 0 Å². The maximum absolute atomic E-state index is 5.83. The molecule has 0 saturated carbocycles. The predicted octanol–water partition coefficient (Wildman–Crippen LogP) is 2.64. The Morgan fingerprint density at radius 2 is 1.95 bits per heavy atom. The topological polar surface area (TPSA) is 68.9 Å². The quantitative estimate of drug-likeness (QED) is 0.468. The van der Waals surface area contributed by atoms with Gasteiger partial charge in [-0.3, -0.25) is 4.99 Å². The minimum atomic E-state index is 0.358. The van der Waals surface area contributed by atoms with E-state index in [1.807, 2.05) is 54.6 Å². The van der Waals surface area contributed by atoms with Crippen LogP contribution in [0.4, 0.5) is 5.69 Å². The van der Waals surface area contributed by atoms with Crippen molar-refractivity contribution in [3.8, 4) is 5.75 Å². The second-order valence-electron chi connectivity index (χ2n) is 4.66. The van der Waals surface area contributed by atoms with Gasteiger partial charge in [-0.15, -0.1) is 0 Å². The van der Waals surface area contributed by atoms with Crippen LogP contribution in [0.1, 0.15) is 5.56 Å². The Hall–Kier alpha value is -2.53. The molecule has 3 N–H and O–H groups in total. The Labute approximate surface area is 130 Å². The standard InChI is InChI=1S/C17H21N3O2/c1-21-16-9-5-8-15(12-16)20-17(18)19-10-11-22-13-14-6-3-2-4-7-14/h2-9,12H,10-11,13H2,1H3,(H3,18,19,20). The Morgan fingerprint density at radius 3 is 2.73 bits per heavy atom. The summed E-state index contributed by atoms with van der Waals surface area (Å²) in [6.07, 6.45) is 0. The first-order valence-electron chi connectivity index (χ1n) is 7.10. The third-order valence-corrected chi connectivity index (χ3v) is 2.97. The van der Waals surface area contributed by atoms with Crippen LogP contribution in [-0.4, -0.2) is 26.2 Å². The third-order valence-electron chi connectivity index (χ3n) is 2.97. The third kappa shape index (κ3) is 5.46. The van der Waals surface area contributed by atoms with Crippen LogP contribution in [-0.2, 0) is 11.3 Å². The number of hydrogen-bond acceptors (Lipinski definition) is 3. The number of rotatable bonds is 7. The van der Waals surface area contributed by atoms with E-state index in [9.17, 15) is 0 Å². The molecule has 0 unspecified atom stereocenters. The number of guanidine groups is 1. The smallest absolute Gasteiger partial charge is 0.193 e. The molecule has 0 aromatic heterocycles. The minimum Gasteiger partial charge on any atom is -0.497 e. The molecule has 0 aliphatic heterocycles. The fourth-order valence-electron chi connectivity index (χ4n) is 1.88. The highest BCUT2D eigenvalue weighted by Crippen LogP contribution is 2.16. The number of benzene rings is 2. The van der Waals surface area contributed by atoms with Crippen LogP contribution in [0.5, 0.6) is 5.75 Å². The summed E-state index contributed by atoms with van der Waals surface area (Å²) in [6.45, 7) is 1.62. The van der Waals surface area contributed by atoms with Crippen molar-refractivity contribution in [3.05, 3.63) is 60.2 Å². The summed E-state index contributed by atoms with van der Waals surface area (Å²) in [5.74, 6) is 1.13. The van der Waals surface area contributed by atoms with Crippen molar-refractivity contribution in [3.63, 3.8) is 0 Å². The number of ether oxygens (including phenoxy) is 2. The predicted molar refractivity (Wildman–Crippen MR) is 89.2 cm³/mol. The van der Waals surface area contributed by atoms with Gasteiger partial charge < -0.3 is 20.5 Å². The molecule has 0 amide bonds. The molecule has 5 heteroatoms. The molecule has 0 heterocycles. The summed E-state index contributed by atoms with van der Waals surface area (Å²) in [5.41, 5.74) is 7.82. The maximum Gasteiger partial charge on any atom is 0.193 e. The van der Waals surface area contributed by atoms with E-state index in [1.54, 1.807) is 7.11 Å². The first-order valence-corrected chi connectivity index (χ1v) is 7.10.